The highest BCUT2D eigenvalue weighted by Crippen LogP contribution is 2.21. The van der Waals surface area contributed by atoms with Crippen LogP contribution in [0.5, 0.6) is 5.75 Å². The van der Waals surface area contributed by atoms with Gasteiger partial charge >= 0.3 is 0 Å². The van der Waals surface area contributed by atoms with Gasteiger partial charge < -0.3 is 10.5 Å². The first-order valence-electron chi connectivity index (χ1n) is 5.72. The minimum atomic E-state index is -0.402. The van der Waals surface area contributed by atoms with Crippen LogP contribution in [0.25, 0.3) is 0 Å². The molecule has 1 aromatic carbocycles. The summed E-state index contributed by atoms with van der Waals surface area (Å²) in [4.78, 5) is 0. The first-order valence-corrected chi connectivity index (χ1v) is 5.72. The van der Waals surface area contributed by atoms with Gasteiger partial charge in [-0.2, -0.15) is 5.10 Å². The standard InChI is InChI=1S/C13H16FN3O/c1-9(15)10-3-4-13(12(14)7-10)18-8-11-5-6-17(2)16-11/h3-7,9H,8,15H2,1-2H3/t9-/m1/s1. The minimum Gasteiger partial charge on any atom is -0.484 e. The molecule has 2 N–H and O–H groups in total. The molecule has 1 heterocycles. The van der Waals surface area contributed by atoms with Crippen molar-refractivity contribution < 1.29 is 9.13 Å². The van der Waals surface area contributed by atoms with E-state index >= 15 is 0 Å². The highest BCUT2D eigenvalue weighted by Gasteiger charge is 2.08. The van der Waals surface area contributed by atoms with Crippen LogP contribution in [0.1, 0.15) is 24.2 Å². The normalized spacial score (nSPS) is 12.4. The molecule has 5 heteroatoms. The van der Waals surface area contributed by atoms with E-state index in [1.54, 1.807) is 16.8 Å². The number of aryl methyl sites for hydroxylation is 1. The molecule has 0 fully saturated rings. The fourth-order valence-corrected chi connectivity index (χ4v) is 1.61. The third-order valence-electron chi connectivity index (χ3n) is 2.63. The van der Waals surface area contributed by atoms with Gasteiger partial charge in [-0.1, -0.05) is 6.07 Å². The lowest BCUT2D eigenvalue weighted by molar-refractivity contribution is 0.284. The summed E-state index contributed by atoms with van der Waals surface area (Å²) in [5.74, 6) is -0.189. The molecule has 0 aliphatic carbocycles. The van der Waals surface area contributed by atoms with Gasteiger partial charge in [-0.05, 0) is 30.7 Å². The van der Waals surface area contributed by atoms with Crippen molar-refractivity contribution in [2.75, 3.05) is 0 Å². The van der Waals surface area contributed by atoms with Crippen molar-refractivity contribution in [2.45, 2.75) is 19.6 Å². The van der Waals surface area contributed by atoms with Crippen LogP contribution in [0.15, 0.2) is 30.5 Å². The van der Waals surface area contributed by atoms with Crippen molar-refractivity contribution in [3.63, 3.8) is 0 Å². The number of hydrogen-bond donors (Lipinski definition) is 1. The summed E-state index contributed by atoms with van der Waals surface area (Å²) < 4.78 is 20.8. The van der Waals surface area contributed by atoms with Crippen LogP contribution in [0.2, 0.25) is 0 Å². The largest absolute Gasteiger partial charge is 0.484 e. The van der Waals surface area contributed by atoms with E-state index in [4.69, 9.17) is 10.5 Å². The predicted molar refractivity (Wildman–Crippen MR) is 66.5 cm³/mol. The van der Waals surface area contributed by atoms with Crippen molar-refractivity contribution in [1.82, 2.24) is 9.78 Å². The van der Waals surface area contributed by atoms with Crippen molar-refractivity contribution in [3.05, 3.63) is 47.5 Å². The maximum absolute atomic E-state index is 13.7. The smallest absolute Gasteiger partial charge is 0.165 e. The highest BCUT2D eigenvalue weighted by atomic mass is 19.1. The van der Waals surface area contributed by atoms with Crippen molar-refractivity contribution in [3.8, 4) is 5.75 Å². The Labute approximate surface area is 105 Å². The van der Waals surface area contributed by atoms with Gasteiger partial charge in [-0.15, -0.1) is 0 Å². The predicted octanol–water partition coefficient (Wildman–Crippen LogP) is 2.16. The Balaban J connectivity index is 2.05. The third-order valence-corrected chi connectivity index (χ3v) is 2.63. The van der Waals surface area contributed by atoms with Gasteiger partial charge in [0.2, 0.25) is 0 Å². The molecule has 1 aromatic heterocycles. The van der Waals surface area contributed by atoms with Gasteiger partial charge in [-0.3, -0.25) is 4.68 Å². The lowest BCUT2D eigenvalue weighted by atomic mass is 10.1. The van der Waals surface area contributed by atoms with E-state index in [9.17, 15) is 4.39 Å². The van der Waals surface area contributed by atoms with Gasteiger partial charge in [0.05, 0.1) is 5.69 Å². The zero-order valence-corrected chi connectivity index (χ0v) is 10.4. The van der Waals surface area contributed by atoms with Crippen LogP contribution in [-0.2, 0) is 13.7 Å². The molecule has 0 aliphatic heterocycles. The molecule has 0 spiro atoms. The van der Waals surface area contributed by atoms with Crippen LogP contribution >= 0.6 is 0 Å². The number of rotatable bonds is 4. The third kappa shape index (κ3) is 2.87. The monoisotopic (exact) mass is 249 g/mol. The molecule has 0 amide bonds. The quantitative estimate of drug-likeness (QED) is 0.903. The molecular weight excluding hydrogens is 233 g/mol. The maximum Gasteiger partial charge on any atom is 0.165 e. The highest BCUT2D eigenvalue weighted by molar-refractivity contribution is 5.30. The van der Waals surface area contributed by atoms with Crippen LogP contribution < -0.4 is 10.5 Å². The SMILES string of the molecule is C[C@@H](N)c1ccc(OCc2ccn(C)n2)c(F)c1. The van der Waals surface area contributed by atoms with E-state index in [0.717, 1.165) is 11.3 Å². The number of nitrogens with zero attached hydrogens (tertiary/aromatic N) is 2. The van der Waals surface area contributed by atoms with Crippen LogP contribution in [-0.4, -0.2) is 9.78 Å². The molecule has 0 bridgehead atoms. The Morgan fingerprint density at radius 1 is 1.44 bits per heavy atom. The second-order valence-electron chi connectivity index (χ2n) is 4.25. The fourth-order valence-electron chi connectivity index (χ4n) is 1.61. The Bertz CT molecular complexity index is 537. The van der Waals surface area contributed by atoms with E-state index < -0.39 is 5.82 Å². The second kappa shape index (κ2) is 5.18. The Morgan fingerprint density at radius 2 is 2.22 bits per heavy atom. The summed E-state index contributed by atoms with van der Waals surface area (Å²) >= 11 is 0. The van der Waals surface area contributed by atoms with E-state index in [0.29, 0.717) is 0 Å². The molecule has 96 valence electrons. The molecule has 0 radical (unpaired) electrons. The second-order valence-corrected chi connectivity index (χ2v) is 4.25. The summed E-state index contributed by atoms with van der Waals surface area (Å²) in [6.07, 6.45) is 1.81. The van der Waals surface area contributed by atoms with Crippen molar-refractivity contribution in [2.24, 2.45) is 12.8 Å². The molecule has 18 heavy (non-hydrogen) atoms. The zero-order chi connectivity index (χ0) is 13.1. The minimum absolute atomic E-state index is 0.190. The van der Waals surface area contributed by atoms with Gasteiger partial charge in [-0.25, -0.2) is 4.39 Å². The molecule has 0 saturated heterocycles. The number of aromatic nitrogens is 2. The topological polar surface area (TPSA) is 53.1 Å². The van der Waals surface area contributed by atoms with Crippen LogP contribution in [0.4, 0.5) is 4.39 Å². The summed E-state index contributed by atoms with van der Waals surface area (Å²) in [6.45, 7) is 2.05. The number of ether oxygens (including phenoxy) is 1. The molecule has 4 nitrogen and oxygen atoms in total. The molecule has 0 saturated carbocycles. The summed E-state index contributed by atoms with van der Waals surface area (Å²) in [7, 11) is 1.82. The number of nitrogens with two attached hydrogens (primary N) is 1. The molecule has 0 aliphatic rings. The maximum atomic E-state index is 13.7. The molecule has 2 aromatic rings. The van der Waals surface area contributed by atoms with Gasteiger partial charge in [0.1, 0.15) is 6.61 Å². The van der Waals surface area contributed by atoms with Crippen molar-refractivity contribution in [1.29, 1.82) is 0 Å². The van der Waals surface area contributed by atoms with E-state index in [-0.39, 0.29) is 18.4 Å². The molecule has 0 unspecified atom stereocenters. The van der Waals surface area contributed by atoms with E-state index in [1.165, 1.54) is 6.07 Å². The summed E-state index contributed by atoms with van der Waals surface area (Å²) in [6, 6.07) is 6.40. The Kier molecular flexibility index (Phi) is 3.62. The summed E-state index contributed by atoms with van der Waals surface area (Å²) in [5.41, 5.74) is 7.19. The summed E-state index contributed by atoms with van der Waals surface area (Å²) in [5, 5.41) is 4.15. The first-order chi connectivity index (χ1) is 8.56. The zero-order valence-electron chi connectivity index (χ0n) is 10.4. The van der Waals surface area contributed by atoms with Gasteiger partial charge in [0.15, 0.2) is 11.6 Å². The average Bonchev–Trinajstić information content (AvgIpc) is 2.73. The number of hydrogen-bond acceptors (Lipinski definition) is 3. The molecule has 2 rings (SSSR count). The van der Waals surface area contributed by atoms with E-state index in [2.05, 4.69) is 5.10 Å². The van der Waals surface area contributed by atoms with Crippen LogP contribution in [0, 0.1) is 5.82 Å². The van der Waals surface area contributed by atoms with Crippen molar-refractivity contribution >= 4 is 0 Å². The van der Waals surface area contributed by atoms with E-state index in [1.807, 2.05) is 26.2 Å². The number of benzene rings is 1. The fraction of sp³-hybridized carbons (Fsp3) is 0.308. The molecule has 1 atom stereocenters. The number of halogens is 1. The Morgan fingerprint density at radius 3 is 2.78 bits per heavy atom. The van der Waals surface area contributed by atoms with Crippen LogP contribution in [0.3, 0.4) is 0 Å². The first kappa shape index (κ1) is 12.6. The lowest BCUT2D eigenvalue weighted by Crippen LogP contribution is -2.06. The van der Waals surface area contributed by atoms with Gasteiger partial charge in [0, 0.05) is 19.3 Å². The Hall–Kier alpha value is -1.88. The average molecular weight is 249 g/mol. The molecular formula is C13H16FN3O. The van der Waals surface area contributed by atoms with Gasteiger partial charge in [0.25, 0.3) is 0 Å². The lowest BCUT2D eigenvalue weighted by Gasteiger charge is -2.09.